The van der Waals surface area contributed by atoms with Gasteiger partial charge in [0.2, 0.25) is 5.88 Å². The molecule has 0 aliphatic rings. The Labute approximate surface area is 144 Å². The number of aromatic nitrogens is 3. The zero-order valence-electron chi connectivity index (χ0n) is 13.3. The van der Waals surface area contributed by atoms with Crippen molar-refractivity contribution in [3.05, 3.63) is 80.4 Å². The number of pyridine rings is 1. The van der Waals surface area contributed by atoms with E-state index in [0.717, 1.165) is 16.8 Å². The monoisotopic (exact) mass is 341 g/mol. The van der Waals surface area contributed by atoms with Gasteiger partial charge < -0.3 is 4.74 Å². The molecule has 1 aromatic carbocycles. The molecule has 0 spiro atoms. The van der Waals surface area contributed by atoms with Gasteiger partial charge in [-0.15, -0.1) is 0 Å². The van der Waals surface area contributed by atoms with Gasteiger partial charge in [0, 0.05) is 24.2 Å². The van der Waals surface area contributed by atoms with Crippen molar-refractivity contribution in [1.29, 1.82) is 0 Å². The van der Waals surface area contributed by atoms with Crippen LogP contribution in [-0.4, -0.2) is 15.2 Å². The van der Waals surface area contributed by atoms with Crippen LogP contribution >= 0.6 is 11.6 Å². The topological polar surface area (TPSA) is 67.9 Å². The molecule has 2 aromatic heterocycles. The molecular formula is C18H16ClN3O2. The van der Waals surface area contributed by atoms with Gasteiger partial charge in [0.15, 0.2) is 0 Å². The fourth-order valence-electron chi connectivity index (χ4n) is 2.27. The second kappa shape index (κ2) is 6.84. The number of nitrogens with zero attached hydrogens (tertiary/aromatic N) is 2. The van der Waals surface area contributed by atoms with Crippen LogP contribution in [0.4, 0.5) is 0 Å². The number of rotatable bonds is 4. The first-order valence-electron chi connectivity index (χ1n) is 7.45. The molecule has 24 heavy (non-hydrogen) atoms. The number of benzene rings is 1. The Balaban J connectivity index is 1.85. The minimum absolute atomic E-state index is 0.176. The molecule has 3 rings (SSSR count). The van der Waals surface area contributed by atoms with E-state index in [4.69, 9.17) is 16.3 Å². The van der Waals surface area contributed by atoms with Gasteiger partial charge in [-0.3, -0.25) is 4.79 Å². The van der Waals surface area contributed by atoms with Crippen LogP contribution in [0.15, 0.2) is 47.4 Å². The van der Waals surface area contributed by atoms with E-state index in [0.29, 0.717) is 28.6 Å². The highest BCUT2D eigenvalue weighted by Crippen LogP contribution is 2.30. The quantitative estimate of drug-likeness (QED) is 0.783. The third-order valence-corrected chi connectivity index (χ3v) is 3.84. The highest BCUT2D eigenvalue weighted by atomic mass is 35.5. The molecule has 1 N–H and O–H groups in total. The summed E-state index contributed by atoms with van der Waals surface area (Å²) < 4.78 is 5.79. The minimum Gasteiger partial charge on any atom is -0.437 e. The molecule has 0 unspecified atom stereocenters. The molecular weight excluding hydrogens is 326 g/mol. The summed E-state index contributed by atoms with van der Waals surface area (Å²) in [4.78, 5) is 15.6. The number of aromatic amines is 1. The van der Waals surface area contributed by atoms with E-state index in [1.165, 1.54) is 0 Å². The van der Waals surface area contributed by atoms with Gasteiger partial charge in [0.25, 0.3) is 5.56 Å². The number of nitrogens with one attached hydrogen (secondary N) is 1. The summed E-state index contributed by atoms with van der Waals surface area (Å²) in [5.41, 5.74) is 3.26. The summed E-state index contributed by atoms with van der Waals surface area (Å²) in [6.07, 6.45) is 2.25. The maximum absolute atomic E-state index is 11.4. The highest BCUT2D eigenvalue weighted by Gasteiger charge is 2.08. The van der Waals surface area contributed by atoms with E-state index in [-0.39, 0.29) is 5.56 Å². The Bertz CT molecular complexity index is 938. The summed E-state index contributed by atoms with van der Waals surface area (Å²) >= 11 is 6.22. The predicted molar refractivity (Wildman–Crippen MR) is 92.9 cm³/mol. The van der Waals surface area contributed by atoms with E-state index in [2.05, 4.69) is 15.2 Å². The molecule has 0 radical (unpaired) electrons. The Hall–Kier alpha value is -2.66. The van der Waals surface area contributed by atoms with Crippen molar-refractivity contribution < 1.29 is 4.74 Å². The largest absolute Gasteiger partial charge is 0.437 e. The Morgan fingerprint density at radius 3 is 2.75 bits per heavy atom. The van der Waals surface area contributed by atoms with E-state index in [1.807, 2.05) is 31.2 Å². The number of hydrogen-bond acceptors (Lipinski definition) is 4. The number of ether oxygens (including phenoxy) is 1. The summed E-state index contributed by atoms with van der Waals surface area (Å²) in [5, 5.41) is 7.05. The minimum atomic E-state index is -0.176. The Morgan fingerprint density at radius 2 is 2.00 bits per heavy atom. The molecule has 0 bridgehead atoms. The van der Waals surface area contributed by atoms with Crippen molar-refractivity contribution >= 4 is 11.6 Å². The van der Waals surface area contributed by atoms with Gasteiger partial charge in [-0.1, -0.05) is 17.7 Å². The Kier molecular flexibility index (Phi) is 4.62. The second-order valence-corrected chi connectivity index (χ2v) is 5.99. The first-order chi connectivity index (χ1) is 11.5. The van der Waals surface area contributed by atoms with Gasteiger partial charge in [-0.05, 0) is 49.2 Å². The summed E-state index contributed by atoms with van der Waals surface area (Å²) in [6, 6.07) is 11.1. The lowest BCUT2D eigenvalue weighted by Gasteiger charge is -2.09. The van der Waals surface area contributed by atoms with Crippen LogP contribution in [0, 0.1) is 13.8 Å². The molecule has 0 fully saturated rings. The molecule has 0 atom stereocenters. The zero-order valence-corrected chi connectivity index (χ0v) is 14.1. The lowest BCUT2D eigenvalue weighted by molar-refractivity contribution is 0.462. The van der Waals surface area contributed by atoms with Gasteiger partial charge in [-0.2, -0.15) is 5.10 Å². The normalized spacial score (nSPS) is 10.6. The van der Waals surface area contributed by atoms with E-state index in [1.54, 1.807) is 25.3 Å². The van der Waals surface area contributed by atoms with Crippen molar-refractivity contribution in [2.75, 3.05) is 0 Å². The second-order valence-electron chi connectivity index (χ2n) is 5.59. The summed E-state index contributed by atoms with van der Waals surface area (Å²) in [5.74, 6) is 1.03. The lowest BCUT2D eigenvalue weighted by atomic mass is 10.1. The third-order valence-electron chi connectivity index (χ3n) is 3.53. The maximum Gasteiger partial charge on any atom is 0.267 e. The van der Waals surface area contributed by atoms with Crippen molar-refractivity contribution in [2.45, 2.75) is 20.3 Å². The van der Waals surface area contributed by atoms with Crippen molar-refractivity contribution in [2.24, 2.45) is 0 Å². The molecule has 3 aromatic rings. The van der Waals surface area contributed by atoms with E-state index in [9.17, 15) is 4.79 Å². The smallest absolute Gasteiger partial charge is 0.267 e. The van der Waals surface area contributed by atoms with Gasteiger partial charge >= 0.3 is 0 Å². The van der Waals surface area contributed by atoms with Crippen molar-refractivity contribution in [3.8, 4) is 11.6 Å². The van der Waals surface area contributed by atoms with Crippen LogP contribution in [0.2, 0.25) is 5.02 Å². The van der Waals surface area contributed by atoms with Gasteiger partial charge in [0.1, 0.15) is 5.75 Å². The predicted octanol–water partition coefficient (Wildman–Crippen LogP) is 3.82. The number of aryl methyl sites for hydroxylation is 2. The number of hydrogen-bond donors (Lipinski definition) is 1. The maximum atomic E-state index is 11.4. The average molecular weight is 342 g/mol. The third kappa shape index (κ3) is 3.81. The Morgan fingerprint density at radius 1 is 1.17 bits per heavy atom. The highest BCUT2D eigenvalue weighted by molar-refractivity contribution is 6.32. The fraction of sp³-hybridized carbons (Fsp3) is 0.167. The van der Waals surface area contributed by atoms with Crippen LogP contribution in [0.1, 0.15) is 22.4 Å². The van der Waals surface area contributed by atoms with E-state index < -0.39 is 0 Å². The molecule has 2 heterocycles. The molecule has 122 valence electrons. The van der Waals surface area contributed by atoms with Crippen LogP contribution in [0.3, 0.4) is 0 Å². The lowest BCUT2D eigenvalue weighted by Crippen LogP contribution is -2.12. The van der Waals surface area contributed by atoms with Crippen LogP contribution in [0.25, 0.3) is 0 Å². The molecule has 0 amide bonds. The number of halogens is 1. The molecule has 0 aliphatic heterocycles. The first-order valence-corrected chi connectivity index (χ1v) is 7.83. The molecule has 0 saturated heterocycles. The van der Waals surface area contributed by atoms with E-state index >= 15 is 0 Å². The summed E-state index contributed by atoms with van der Waals surface area (Å²) in [7, 11) is 0. The molecule has 0 saturated carbocycles. The SMILES string of the molecule is Cc1ccnc(Oc2cc(Cc3cc(C)c(=O)[nH]n3)ccc2Cl)c1. The van der Waals surface area contributed by atoms with Crippen molar-refractivity contribution in [1.82, 2.24) is 15.2 Å². The number of H-pyrrole nitrogens is 1. The van der Waals surface area contributed by atoms with Crippen LogP contribution in [0.5, 0.6) is 11.6 Å². The van der Waals surface area contributed by atoms with Crippen LogP contribution in [-0.2, 0) is 6.42 Å². The van der Waals surface area contributed by atoms with Crippen molar-refractivity contribution in [3.63, 3.8) is 0 Å². The van der Waals surface area contributed by atoms with Gasteiger partial charge in [0.05, 0.1) is 10.7 Å². The summed E-state index contributed by atoms with van der Waals surface area (Å²) in [6.45, 7) is 3.72. The molecule has 0 aliphatic carbocycles. The standard InChI is InChI=1S/C18H16ClN3O2/c1-11-5-6-20-17(7-11)24-16-10-13(3-4-15(16)19)9-14-8-12(2)18(23)22-21-14/h3-8,10H,9H2,1-2H3,(H,22,23). The van der Waals surface area contributed by atoms with Crippen LogP contribution < -0.4 is 10.3 Å². The first kappa shape index (κ1) is 16.2. The molecule has 6 heteroatoms. The zero-order chi connectivity index (χ0) is 17.1. The molecule has 5 nitrogen and oxygen atoms in total. The average Bonchev–Trinajstić information content (AvgIpc) is 2.54. The van der Waals surface area contributed by atoms with Gasteiger partial charge in [-0.25, -0.2) is 10.1 Å². The fourth-order valence-corrected chi connectivity index (χ4v) is 2.43.